The van der Waals surface area contributed by atoms with Gasteiger partial charge in [-0.3, -0.25) is 14.6 Å². The highest BCUT2D eigenvalue weighted by molar-refractivity contribution is 7.94. The number of hydrogen-bond donors (Lipinski definition) is 1. The van der Waals surface area contributed by atoms with Gasteiger partial charge in [0.2, 0.25) is 15.9 Å². The molecule has 7 nitrogen and oxygen atoms in total. The number of nitrogens with one attached hydrogen (secondary N) is 1. The van der Waals surface area contributed by atoms with Crippen molar-refractivity contribution in [2.24, 2.45) is 5.92 Å². The molecule has 0 aliphatic carbocycles. The molecule has 0 bridgehead atoms. The van der Waals surface area contributed by atoms with Crippen molar-refractivity contribution in [3.63, 3.8) is 0 Å². The minimum Gasteiger partial charge on any atom is -0.348 e. The predicted molar refractivity (Wildman–Crippen MR) is 97.3 cm³/mol. The number of carbonyl (C=O) groups excluding carboxylic acids is 2. The van der Waals surface area contributed by atoms with Crippen molar-refractivity contribution < 1.29 is 18.0 Å². The molecule has 1 aliphatic heterocycles. The Morgan fingerprint density at radius 2 is 2.15 bits per heavy atom. The Kier molecular flexibility index (Phi) is 4.97. The van der Waals surface area contributed by atoms with Gasteiger partial charge >= 0.3 is 0 Å². The van der Waals surface area contributed by atoms with E-state index in [0.29, 0.717) is 4.31 Å². The molecule has 2 amide bonds. The summed E-state index contributed by atoms with van der Waals surface area (Å²) in [6, 6.07) is 7.77. The number of anilines is 1. The lowest BCUT2D eigenvalue weighted by Gasteiger charge is -2.17. The van der Waals surface area contributed by atoms with Crippen LogP contribution in [-0.4, -0.2) is 31.0 Å². The summed E-state index contributed by atoms with van der Waals surface area (Å²) in [7, 11) is -3.80. The SMILES string of the molecule is CC1CS(=O)(=O)N(c2cc(C(=O)NCc3cccnc3)ccc2Cl)C1=O. The maximum Gasteiger partial charge on any atom is 0.251 e. The van der Waals surface area contributed by atoms with Crippen LogP contribution in [0.5, 0.6) is 0 Å². The van der Waals surface area contributed by atoms with Gasteiger partial charge in [0, 0.05) is 24.5 Å². The number of benzene rings is 1. The Morgan fingerprint density at radius 3 is 2.77 bits per heavy atom. The number of nitrogens with zero attached hydrogens (tertiary/aromatic N) is 2. The average Bonchev–Trinajstić information content (AvgIpc) is 2.81. The maximum absolute atomic E-state index is 12.4. The van der Waals surface area contributed by atoms with Crippen molar-refractivity contribution in [3.05, 3.63) is 58.9 Å². The first-order valence-corrected chi connectivity index (χ1v) is 9.82. The fourth-order valence-electron chi connectivity index (χ4n) is 2.66. The quantitative estimate of drug-likeness (QED) is 0.856. The number of rotatable bonds is 4. The predicted octanol–water partition coefficient (Wildman–Crippen LogP) is 1.98. The normalized spacial score (nSPS) is 18.8. The second-order valence-electron chi connectivity index (χ2n) is 5.99. The zero-order valence-corrected chi connectivity index (χ0v) is 15.4. The monoisotopic (exact) mass is 393 g/mol. The van der Waals surface area contributed by atoms with E-state index >= 15 is 0 Å². The first-order valence-electron chi connectivity index (χ1n) is 7.83. The molecule has 2 aromatic rings. The molecule has 3 rings (SSSR count). The van der Waals surface area contributed by atoms with Crippen molar-refractivity contribution in [2.45, 2.75) is 13.5 Å². The minimum atomic E-state index is -3.80. The van der Waals surface area contributed by atoms with Gasteiger partial charge in [0.1, 0.15) is 0 Å². The number of hydrogen-bond acceptors (Lipinski definition) is 5. The van der Waals surface area contributed by atoms with Gasteiger partial charge in [-0.05, 0) is 29.8 Å². The van der Waals surface area contributed by atoms with Crippen LogP contribution in [0.3, 0.4) is 0 Å². The number of halogens is 1. The van der Waals surface area contributed by atoms with Crippen LogP contribution in [0.1, 0.15) is 22.8 Å². The Bertz CT molecular complexity index is 963. The molecule has 1 saturated heterocycles. The van der Waals surface area contributed by atoms with E-state index in [1.54, 1.807) is 18.5 Å². The zero-order valence-electron chi connectivity index (χ0n) is 13.8. The lowest BCUT2D eigenvalue weighted by molar-refractivity contribution is -0.119. The van der Waals surface area contributed by atoms with E-state index in [-0.39, 0.29) is 28.6 Å². The van der Waals surface area contributed by atoms with Crippen molar-refractivity contribution >= 4 is 39.1 Å². The van der Waals surface area contributed by atoms with Crippen LogP contribution in [-0.2, 0) is 21.4 Å². The molecule has 136 valence electrons. The molecular weight excluding hydrogens is 378 g/mol. The van der Waals surface area contributed by atoms with Crippen molar-refractivity contribution in [1.82, 2.24) is 10.3 Å². The minimum absolute atomic E-state index is 0.00459. The van der Waals surface area contributed by atoms with Gasteiger partial charge in [0.05, 0.1) is 22.4 Å². The van der Waals surface area contributed by atoms with E-state index in [1.807, 2.05) is 6.07 Å². The van der Waals surface area contributed by atoms with E-state index in [2.05, 4.69) is 10.3 Å². The first-order chi connectivity index (χ1) is 12.3. The molecule has 1 aromatic carbocycles. The van der Waals surface area contributed by atoms with Crippen LogP contribution in [0.4, 0.5) is 5.69 Å². The topological polar surface area (TPSA) is 96.4 Å². The molecule has 2 heterocycles. The van der Waals surface area contributed by atoms with Crippen molar-refractivity contribution in [1.29, 1.82) is 0 Å². The number of amides is 2. The summed E-state index contributed by atoms with van der Waals surface area (Å²) in [5.41, 5.74) is 1.02. The summed E-state index contributed by atoms with van der Waals surface area (Å²) >= 11 is 6.10. The number of pyridine rings is 1. The van der Waals surface area contributed by atoms with Gasteiger partial charge in [-0.15, -0.1) is 0 Å². The molecular formula is C17H16ClN3O4S. The molecule has 1 aliphatic rings. The number of carbonyl (C=O) groups is 2. The Labute approximate surface area is 156 Å². The smallest absolute Gasteiger partial charge is 0.251 e. The van der Waals surface area contributed by atoms with Gasteiger partial charge in [-0.1, -0.05) is 24.6 Å². The van der Waals surface area contributed by atoms with Crippen LogP contribution in [0, 0.1) is 5.92 Å². The van der Waals surface area contributed by atoms with E-state index in [4.69, 9.17) is 11.6 Å². The van der Waals surface area contributed by atoms with E-state index in [1.165, 1.54) is 25.1 Å². The lowest BCUT2D eigenvalue weighted by atomic mass is 10.1. The van der Waals surface area contributed by atoms with Gasteiger partial charge in [0.25, 0.3) is 5.91 Å². The third-order valence-electron chi connectivity index (χ3n) is 3.96. The standard InChI is InChI=1S/C17H16ClN3O4S/c1-11-10-26(24,25)21(17(11)23)15-7-13(4-5-14(15)18)16(22)20-9-12-3-2-6-19-8-12/h2-8,11H,9-10H2,1H3,(H,20,22). The maximum atomic E-state index is 12.4. The molecule has 0 spiro atoms. The molecule has 0 radical (unpaired) electrons. The largest absolute Gasteiger partial charge is 0.348 e. The van der Waals surface area contributed by atoms with E-state index < -0.39 is 27.8 Å². The summed E-state index contributed by atoms with van der Waals surface area (Å²) in [4.78, 5) is 28.6. The fourth-order valence-corrected chi connectivity index (χ4v) is 4.74. The molecule has 0 saturated carbocycles. The van der Waals surface area contributed by atoms with Gasteiger partial charge in [0.15, 0.2) is 0 Å². The highest BCUT2D eigenvalue weighted by Gasteiger charge is 2.42. The third-order valence-corrected chi connectivity index (χ3v) is 6.14. The van der Waals surface area contributed by atoms with E-state index in [9.17, 15) is 18.0 Å². The third kappa shape index (κ3) is 3.56. The summed E-state index contributed by atoms with van der Waals surface area (Å²) in [5.74, 6) is -1.90. The lowest BCUT2D eigenvalue weighted by Crippen LogP contribution is -2.31. The Balaban J connectivity index is 1.86. The van der Waals surface area contributed by atoms with Gasteiger partial charge < -0.3 is 5.32 Å². The van der Waals surface area contributed by atoms with Gasteiger partial charge in [-0.2, -0.15) is 0 Å². The molecule has 9 heteroatoms. The first kappa shape index (κ1) is 18.3. The molecule has 26 heavy (non-hydrogen) atoms. The number of sulfonamides is 1. The molecule has 1 aromatic heterocycles. The summed E-state index contributed by atoms with van der Waals surface area (Å²) in [6.07, 6.45) is 3.26. The molecule has 1 fully saturated rings. The summed E-state index contributed by atoms with van der Waals surface area (Å²) in [5, 5.41) is 2.80. The van der Waals surface area contributed by atoms with Crippen LogP contribution < -0.4 is 9.62 Å². The Hall–Kier alpha value is -2.45. The molecule has 1 unspecified atom stereocenters. The van der Waals surface area contributed by atoms with Crippen molar-refractivity contribution in [3.8, 4) is 0 Å². The van der Waals surface area contributed by atoms with Crippen molar-refractivity contribution in [2.75, 3.05) is 10.1 Å². The summed E-state index contributed by atoms with van der Waals surface area (Å²) < 4.78 is 25.2. The average molecular weight is 394 g/mol. The second kappa shape index (κ2) is 7.05. The van der Waals surface area contributed by atoms with Crippen LogP contribution in [0.25, 0.3) is 0 Å². The summed E-state index contributed by atoms with van der Waals surface area (Å²) in [6.45, 7) is 1.81. The highest BCUT2D eigenvalue weighted by Crippen LogP contribution is 2.34. The highest BCUT2D eigenvalue weighted by atomic mass is 35.5. The second-order valence-corrected chi connectivity index (χ2v) is 8.26. The molecule has 1 atom stereocenters. The van der Waals surface area contributed by atoms with Crippen LogP contribution in [0.15, 0.2) is 42.7 Å². The Morgan fingerprint density at radius 1 is 1.38 bits per heavy atom. The van der Waals surface area contributed by atoms with E-state index in [0.717, 1.165) is 5.56 Å². The van der Waals surface area contributed by atoms with Crippen LogP contribution in [0.2, 0.25) is 5.02 Å². The van der Waals surface area contributed by atoms with Gasteiger partial charge in [-0.25, -0.2) is 12.7 Å². The van der Waals surface area contributed by atoms with Crippen LogP contribution >= 0.6 is 11.6 Å². The molecule has 1 N–H and O–H groups in total. The number of aromatic nitrogens is 1. The fraction of sp³-hybridized carbons (Fsp3) is 0.235. The zero-order chi connectivity index (χ0) is 18.9.